The first-order valence-electron chi connectivity index (χ1n) is 9.69. The molecular formula is C22H17BrCl2F4N4O. The molecule has 0 bridgehead atoms. The number of amides is 1. The second-order valence-electron chi connectivity index (χ2n) is 7.18. The normalized spacial score (nSPS) is 14.1. The van der Waals surface area contributed by atoms with Gasteiger partial charge in [-0.05, 0) is 35.4 Å². The summed E-state index contributed by atoms with van der Waals surface area (Å²) in [7, 11) is 0. The molecule has 12 heteroatoms. The first kappa shape index (κ1) is 27.9. The molecule has 0 unspecified atom stereocenters. The predicted molar refractivity (Wildman–Crippen MR) is 122 cm³/mol. The number of benzene rings is 2. The summed E-state index contributed by atoms with van der Waals surface area (Å²) in [5.41, 5.74) is -0.0268. The number of nitrogens with one attached hydrogen (secondary N) is 2. The zero-order valence-electron chi connectivity index (χ0n) is 17.2. The minimum absolute atomic E-state index is 0.0472. The molecular weight excluding hydrogens is 563 g/mol. The van der Waals surface area contributed by atoms with Crippen LogP contribution >= 0.6 is 39.1 Å². The van der Waals surface area contributed by atoms with Gasteiger partial charge in [0.15, 0.2) is 0 Å². The number of hydrogen-bond donors (Lipinski definition) is 2. The van der Waals surface area contributed by atoms with E-state index in [1.165, 1.54) is 36.4 Å². The zero-order valence-corrected chi connectivity index (χ0v) is 20.3. The maximum absolute atomic E-state index is 14.2. The summed E-state index contributed by atoms with van der Waals surface area (Å²) in [6.07, 6.45) is -5.42. The molecule has 0 heterocycles. The van der Waals surface area contributed by atoms with Gasteiger partial charge in [-0.3, -0.25) is 10.1 Å². The van der Waals surface area contributed by atoms with Gasteiger partial charge in [-0.15, -0.1) is 23.2 Å². The van der Waals surface area contributed by atoms with E-state index in [4.69, 9.17) is 28.5 Å². The molecule has 34 heavy (non-hydrogen) atoms. The van der Waals surface area contributed by atoms with Crippen LogP contribution in [-0.2, 0) is 11.2 Å². The van der Waals surface area contributed by atoms with Gasteiger partial charge in [0.2, 0.25) is 5.91 Å². The van der Waals surface area contributed by atoms with Gasteiger partial charge < -0.3 is 5.32 Å². The molecule has 1 amide bonds. The molecule has 0 saturated carbocycles. The molecule has 0 aliphatic heterocycles. The third-order valence-electron chi connectivity index (χ3n) is 4.71. The van der Waals surface area contributed by atoms with Crippen LogP contribution in [0.5, 0.6) is 0 Å². The van der Waals surface area contributed by atoms with Gasteiger partial charge >= 0.3 is 6.18 Å². The van der Waals surface area contributed by atoms with Crippen LogP contribution in [0.1, 0.15) is 29.2 Å². The van der Waals surface area contributed by atoms with E-state index in [-0.39, 0.29) is 29.5 Å². The van der Waals surface area contributed by atoms with Crippen LogP contribution in [0.15, 0.2) is 46.9 Å². The van der Waals surface area contributed by atoms with Crippen LogP contribution in [-0.4, -0.2) is 29.0 Å². The Labute approximate surface area is 211 Å². The first-order valence-corrected chi connectivity index (χ1v) is 11.4. The standard InChI is InChI=1S/C22H17BrCl2F4N4O/c23-15-5-3-13(4-6-15)20(22(27,28)29)33-18(9-19(24)25)21(34)32-16(11-31)8-14-2-1-12(10-30)7-17(14)26/h1-7,16,18-20,33H,8-9H2,(H,32,34)/t16-,18-,20-/m0/s1. The Hall–Kier alpha value is -2.37. The number of carbonyl (C=O) groups excluding carboxylic acids is 1. The Morgan fingerprint density at radius 3 is 2.26 bits per heavy atom. The summed E-state index contributed by atoms with van der Waals surface area (Å²) in [6.45, 7) is 0. The number of halogens is 7. The number of nitrogens with zero attached hydrogens (tertiary/aromatic N) is 2. The fourth-order valence-electron chi connectivity index (χ4n) is 3.07. The lowest BCUT2D eigenvalue weighted by Gasteiger charge is -2.28. The lowest BCUT2D eigenvalue weighted by atomic mass is 10.0. The number of rotatable bonds is 9. The smallest absolute Gasteiger partial charge is 0.339 e. The molecule has 0 saturated heterocycles. The molecule has 0 aliphatic rings. The van der Waals surface area contributed by atoms with E-state index >= 15 is 0 Å². The second kappa shape index (κ2) is 12.4. The van der Waals surface area contributed by atoms with E-state index in [1.807, 2.05) is 0 Å². The number of hydrogen-bond acceptors (Lipinski definition) is 4. The van der Waals surface area contributed by atoms with E-state index < -0.39 is 40.9 Å². The largest absolute Gasteiger partial charge is 0.407 e. The van der Waals surface area contributed by atoms with Gasteiger partial charge in [-0.2, -0.15) is 23.7 Å². The van der Waals surface area contributed by atoms with Crippen LogP contribution in [0.3, 0.4) is 0 Å². The highest BCUT2D eigenvalue weighted by molar-refractivity contribution is 9.10. The van der Waals surface area contributed by atoms with Crippen molar-refractivity contribution in [3.63, 3.8) is 0 Å². The van der Waals surface area contributed by atoms with Crippen molar-refractivity contribution in [3.8, 4) is 12.1 Å². The van der Waals surface area contributed by atoms with Crippen molar-refractivity contribution < 1.29 is 22.4 Å². The van der Waals surface area contributed by atoms with Crippen molar-refractivity contribution >= 4 is 45.0 Å². The quantitative estimate of drug-likeness (QED) is 0.305. The lowest BCUT2D eigenvalue weighted by molar-refractivity contribution is -0.161. The van der Waals surface area contributed by atoms with E-state index in [2.05, 4.69) is 26.6 Å². The molecule has 2 aromatic rings. The summed E-state index contributed by atoms with van der Waals surface area (Å²) < 4.78 is 56.1. The average molecular weight is 580 g/mol. The first-order chi connectivity index (χ1) is 15.9. The molecule has 0 fully saturated rings. The van der Waals surface area contributed by atoms with Crippen LogP contribution < -0.4 is 10.6 Å². The number of alkyl halides is 5. The molecule has 2 N–H and O–H groups in total. The maximum atomic E-state index is 14.2. The van der Waals surface area contributed by atoms with Gasteiger partial charge in [-0.1, -0.05) is 34.1 Å². The Morgan fingerprint density at radius 1 is 1.12 bits per heavy atom. The van der Waals surface area contributed by atoms with Crippen molar-refractivity contribution in [3.05, 3.63) is 69.4 Å². The molecule has 0 radical (unpaired) electrons. The molecule has 0 aliphatic carbocycles. The zero-order chi connectivity index (χ0) is 25.5. The fourth-order valence-corrected chi connectivity index (χ4v) is 3.69. The summed E-state index contributed by atoms with van der Waals surface area (Å²) in [5.74, 6) is -1.71. The Bertz CT molecular complexity index is 1080. The van der Waals surface area contributed by atoms with Gasteiger partial charge in [0.1, 0.15) is 22.7 Å². The van der Waals surface area contributed by atoms with Gasteiger partial charge in [0.25, 0.3) is 0 Å². The Kier molecular flexibility index (Phi) is 10.1. The molecule has 3 atom stereocenters. The van der Waals surface area contributed by atoms with Crippen molar-refractivity contribution in [1.82, 2.24) is 10.6 Å². The van der Waals surface area contributed by atoms with E-state index in [1.54, 1.807) is 12.1 Å². The van der Waals surface area contributed by atoms with Crippen molar-refractivity contribution in [1.29, 1.82) is 10.5 Å². The Morgan fingerprint density at radius 2 is 1.76 bits per heavy atom. The van der Waals surface area contributed by atoms with Crippen LogP contribution in [0.25, 0.3) is 0 Å². The van der Waals surface area contributed by atoms with Crippen molar-refractivity contribution in [2.45, 2.75) is 42.0 Å². The van der Waals surface area contributed by atoms with Gasteiger partial charge in [0.05, 0.1) is 23.7 Å². The molecule has 2 rings (SSSR count). The minimum atomic E-state index is -4.76. The molecule has 0 spiro atoms. The molecule has 2 aromatic carbocycles. The Balaban J connectivity index is 2.23. The maximum Gasteiger partial charge on any atom is 0.407 e. The summed E-state index contributed by atoms with van der Waals surface area (Å²) in [6, 6.07) is 7.51. The van der Waals surface area contributed by atoms with Gasteiger partial charge in [0, 0.05) is 17.3 Å². The third-order valence-corrected chi connectivity index (χ3v) is 5.59. The highest BCUT2D eigenvalue weighted by Crippen LogP contribution is 2.34. The third kappa shape index (κ3) is 8.14. The summed E-state index contributed by atoms with van der Waals surface area (Å²) in [5, 5.41) is 22.8. The number of carbonyl (C=O) groups is 1. The van der Waals surface area contributed by atoms with Crippen LogP contribution in [0.2, 0.25) is 0 Å². The summed E-state index contributed by atoms with van der Waals surface area (Å²) >= 11 is 14.6. The SMILES string of the molecule is N#Cc1ccc(C[C@@H](C#N)NC(=O)[C@H](CC(Cl)Cl)N[C@@H](c2ccc(Br)cc2)C(F)(F)F)c(F)c1. The predicted octanol–water partition coefficient (Wildman–Crippen LogP) is 5.47. The fraction of sp³-hybridized carbons (Fsp3) is 0.318. The monoisotopic (exact) mass is 578 g/mol. The molecule has 5 nitrogen and oxygen atoms in total. The minimum Gasteiger partial charge on any atom is -0.339 e. The highest BCUT2D eigenvalue weighted by Gasteiger charge is 2.43. The highest BCUT2D eigenvalue weighted by atomic mass is 79.9. The van der Waals surface area contributed by atoms with E-state index in [0.29, 0.717) is 4.47 Å². The van der Waals surface area contributed by atoms with Crippen LogP contribution in [0.4, 0.5) is 17.6 Å². The van der Waals surface area contributed by atoms with Gasteiger partial charge in [-0.25, -0.2) is 4.39 Å². The topological polar surface area (TPSA) is 88.7 Å². The van der Waals surface area contributed by atoms with Crippen LogP contribution in [0, 0.1) is 28.5 Å². The van der Waals surface area contributed by atoms with E-state index in [9.17, 15) is 27.6 Å². The average Bonchev–Trinajstić information content (AvgIpc) is 2.76. The van der Waals surface area contributed by atoms with E-state index in [0.717, 1.165) is 6.07 Å². The van der Waals surface area contributed by atoms with Crippen molar-refractivity contribution in [2.24, 2.45) is 0 Å². The molecule has 180 valence electrons. The summed E-state index contributed by atoms with van der Waals surface area (Å²) in [4.78, 5) is 11.6. The molecule has 0 aromatic heterocycles. The van der Waals surface area contributed by atoms with Crippen molar-refractivity contribution in [2.75, 3.05) is 0 Å². The second-order valence-corrected chi connectivity index (χ2v) is 9.38. The number of nitriles is 2. The lowest BCUT2D eigenvalue weighted by Crippen LogP contribution is -2.52.